The van der Waals surface area contributed by atoms with Crippen molar-refractivity contribution < 1.29 is 9.53 Å². The van der Waals surface area contributed by atoms with Gasteiger partial charge in [0.15, 0.2) is 0 Å². The van der Waals surface area contributed by atoms with E-state index >= 15 is 0 Å². The van der Waals surface area contributed by atoms with Crippen LogP contribution in [0.25, 0.3) is 0 Å². The fourth-order valence-electron chi connectivity index (χ4n) is 0.505. The van der Waals surface area contributed by atoms with Gasteiger partial charge in [-0.2, -0.15) is 12.6 Å². The molecule has 0 amide bonds. The van der Waals surface area contributed by atoms with E-state index in [1.165, 1.54) is 0 Å². The maximum atomic E-state index is 10.8. The van der Waals surface area contributed by atoms with Gasteiger partial charge in [-0.3, -0.25) is 4.79 Å². The summed E-state index contributed by atoms with van der Waals surface area (Å²) in [6, 6.07) is 0. The van der Waals surface area contributed by atoms with Crippen molar-refractivity contribution in [3.8, 4) is 71.7 Å². The molecule has 0 heterocycles. The summed E-state index contributed by atoms with van der Waals surface area (Å²) in [5.41, 5.74) is 0. The van der Waals surface area contributed by atoms with Crippen molar-refractivity contribution in [3.63, 3.8) is 0 Å². The van der Waals surface area contributed by atoms with Crippen molar-refractivity contribution in [2.75, 3.05) is 5.75 Å². The molecule has 0 saturated carbocycles. The highest BCUT2D eigenvalue weighted by atomic mass is 32.1. The molecule has 0 aliphatic heterocycles. The number of carbonyl (C=O) groups is 1. The lowest BCUT2D eigenvalue weighted by atomic mass is 10.5. The number of terminal acetylenes is 1. The second-order valence-corrected chi connectivity index (χ2v) is 2.77. The van der Waals surface area contributed by atoms with Gasteiger partial charge in [-0.05, 0) is 29.6 Å². The van der Waals surface area contributed by atoms with Crippen LogP contribution in [0.1, 0.15) is 6.42 Å². The van der Waals surface area contributed by atoms with Gasteiger partial charge in [0.2, 0.25) is 0 Å². The third kappa shape index (κ3) is 11.3. The molecule has 0 N–H and O–H groups in total. The smallest absolute Gasteiger partial charge is 0.320 e. The van der Waals surface area contributed by atoms with E-state index in [-0.39, 0.29) is 6.42 Å². The van der Waals surface area contributed by atoms with Gasteiger partial charge < -0.3 is 4.74 Å². The van der Waals surface area contributed by atoms with Crippen LogP contribution in [0, 0.1) is 71.7 Å². The fraction of sp³-hybridized carbons (Fsp3) is 0.133. The van der Waals surface area contributed by atoms with Crippen LogP contribution < -0.4 is 0 Å². The van der Waals surface area contributed by atoms with Gasteiger partial charge in [0, 0.05) is 35.4 Å². The Morgan fingerprint density at radius 3 is 1.94 bits per heavy atom. The lowest BCUT2D eigenvalue weighted by Gasteiger charge is -1.89. The minimum atomic E-state index is -0.441. The van der Waals surface area contributed by atoms with Crippen molar-refractivity contribution in [1.82, 2.24) is 0 Å². The van der Waals surface area contributed by atoms with Gasteiger partial charge in [-0.15, -0.1) is 6.42 Å². The van der Waals surface area contributed by atoms with E-state index in [2.05, 4.69) is 82.7 Å². The molecule has 0 radical (unpaired) electrons. The quantitative estimate of drug-likeness (QED) is 0.438. The predicted octanol–water partition coefficient (Wildman–Crippen LogP) is 0.457. The molecule has 0 unspecified atom stereocenters. The van der Waals surface area contributed by atoms with E-state index in [4.69, 9.17) is 6.42 Å². The molecule has 0 aromatic heterocycles. The molecule has 84 valence electrons. The number of esters is 1. The summed E-state index contributed by atoms with van der Waals surface area (Å²) in [6.45, 7) is 0. The SMILES string of the molecule is C#CC#CC#CC#CC#CC#COC(=O)CCS. The summed E-state index contributed by atoms with van der Waals surface area (Å²) >= 11 is 3.86. The Labute approximate surface area is 112 Å². The van der Waals surface area contributed by atoms with Gasteiger partial charge in [0.25, 0.3) is 0 Å². The summed E-state index contributed by atoms with van der Waals surface area (Å²) in [7, 11) is 0. The molecule has 0 spiro atoms. The Morgan fingerprint density at radius 1 is 0.944 bits per heavy atom. The molecule has 0 aliphatic carbocycles. The van der Waals surface area contributed by atoms with Crippen LogP contribution in [0.4, 0.5) is 0 Å². The summed E-state index contributed by atoms with van der Waals surface area (Å²) in [5, 5.41) is 0. The van der Waals surface area contributed by atoms with Crippen LogP contribution >= 0.6 is 12.6 Å². The van der Waals surface area contributed by atoms with Gasteiger partial charge in [-0.25, -0.2) is 0 Å². The van der Waals surface area contributed by atoms with E-state index < -0.39 is 5.97 Å². The molecule has 3 heteroatoms. The van der Waals surface area contributed by atoms with Crippen LogP contribution in [0.15, 0.2) is 0 Å². The zero-order chi connectivity index (χ0) is 13.5. The molecule has 18 heavy (non-hydrogen) atoms. The second kappa shape index (κ2) is 12.3. The first kappa shape index (κ1) is 15.2. The van der Waals surface area contributed by atoms with Crippen LogP contribution in [0.3, 0.4) is 0 Å². The monoisotopic (exact) mass is 250 g/mol. The predicted molar refractivity (Wildman–Crippen MR) is 72.3 cm³/mol. The molecular formula is C15H6O2S. The summed E-state index contributed by atoms with van der Waals surface area (Å²) in [4.78, 5) is 10.8. The van der Waals surface area contributed by atoms with E-state index in [0.29, 0.717) is 5.75 Å². The molecule has 2 nitrogen and oxygen atoms in total. The molecule has 0 bridgehead atoms. The van der Waals surface area contributed by atoms with E-state index in [1.807, 2.05) is 0 Å². The molecular weight excluding hydrogens is 244 g/mol. The number of rotatable bonds is 2. The Kier molecular flexibility index (Phi) is 10.3. The topological polar surface area (TPSA) is 26.3 Å². The molecule has 0 atom stereocenters. The number of hydrogen-bond donors (Lipinski definition) is 1. The highest BCUT2D eigenvalue weighted by Crippen LogP contribution is 1.86. The standard InChI is InChI=1S/C15H6O2S/c1-2-3-4-5-6-7-8-9-10-11-13-17-15(16)12-14-18/h1,18H,12,14H2. The third-order valence-electron chi connectivity index (χ3n) is 1.10. The molecule has 0 fully saturated rings. The maximum absolute atomic E-state index is 10.8. The molecule has 0 aromatic rings. The molecule has 0 aliphatic rings. The van der Waals surface area contributed by atoms with Crippen molar-refractivity contribution in [1.29, 1.82) is 0 Å². The summed E-state index contributed by atoms with van der Waals surface area (Å²) in [5.74, 6) is 23.5. The van der Waals surface area contributed by atoms with Gasteiger partial charge in [0.05, 0.1) is 6.42 Å². The molecule has 0 aromatic carbocycles. The number of thiol groups is 1. The van der Waals surface area contributed by atoms with E-state index in [1.54, 1.807) is 0 Å². The Balaban J connectivity index is 4.10. The minimum absolute atomic E-state index is 0.208. The highest BCUT2D eigenvalue weighted by molar-refractivity contribution is 7.80. The van der Waals surface area contributed by atoms with Crippen LogP contribution in [0.5, 0.6) is 0 Å². The Hall–Kier alpha value is -2.82. The molecule has 0 saturated heterocycles. The largest absolute Gasteiger partial charge is 0.371 e. The van der Waals surface area contributed by atoms with Crippen molar-refractivity contribution in [2.45, 2.75) is 6.42 Å². The van der Waals surface area contributed by atoms with Crippen LogP contribution in [0.2, 0.25) is 0 Å². The van der Waals surface area contributed by atoms with Crippen molar-refractivity contribution in [3.05, 3.63) is 0 Å². The average Bonchev–Trinajstić information content (AvgIpc) is 2.36. The summed E-state index contributed by atoms with van der Waals surface area (Å²) < 4.78 is 4.49. The number of hydrogen-bond acceptors (Lipinski definition) is 3. The lowest BCUT2D eigenvalue weighted by Crippen LogP contribution is -1.99. The number of ether oxygens (including phenoxy) is 1. The summed E-state index contributed by atoms with van der Waals surface area (Å²) in [6.07, 6.45) is 7.21. The second-order valence-electron chi connectivity index (χ2n) is 2.32. The first-order valence-electron chi connectivity index (χ1n) is 4.57. The fourth-order valence-corrected chi connectivity index (χ4v) is 0.688. The molecule has 0 rings (SSSR count). The van der Waals surface area contributed by atoms with Crippen LogP contribution in [-0.2, 0) is 9.53 Å². The van der Waals surface area contributed by atoms with Crippen molar-refractivity contribution >= 4 is 18.6 Å². The van der Waals surface area contributed by atoms with Crippen LogP contribution in [-0.4, -0.2) is 11.7 Å². The van der Waals surface area contributed by atoms with Gasteiger partial charge >= 0.3 is 5.97 Å². The van der Waals surface area contributed by atoms with Gasteiger partial charge in [0.1, 0.15) is 6.11 Å². The first-order chi connectivity index (χ1) is 8.81. The zero-order valence-electron chi connectivity index (χ0n) is 9.26. The third-order valence-corrected chi connectivity index (χ3v) is 1.33. The van der Waals surface area contributed by atoms with E-state index in [0.717, 1.165) is 0 Å². The van der Waals surface area contributed by atoms with E-state index in [9.17, 15) is 4.79 Å². The average molecular weight is 250 g/mol. The number of carbonyl (C=O) groups excluding carboxylic acids is 1. The lowest BCUT2D eigenvalue weighted by molar-refractivity contribution is -0.136. The van der Waals surface area contributed by atoms with Gasteiger partial charge in [-0.1, -0.05) is 0 Å². The van der Waals surface area contributed by atoms with Crippen molar-refractivity contribution in [2.24, 2.45) is 0 Å². The normalized spacial score (nSPS) is 5.56. The highest BCUT2D eigenvalue weighted by Gasteiger charge is 1.96. The minimum Gasteiger partial charge on any atom is -0.371 e. The zero-order valence-corrected chi connectivity index (χ0v) is 10.1. The first-order valence-corrected chi connectivity index (χ1v) is 5.20. The maximum Gasteiger partial charge on any atom is 0.320 e. The Morgan fingerprint density at radius 2 is 1.44 bits per heavy atom. The Bertz CT molecular complexity index is 638.